The highest BCUT2D eigenvalue weighted by Gasteiger charge is 2.33. The van der Waals surface area contributed by atoms with Gasteiger partial charge in [0, 0.05) is 12.4 Å². The number of fused-ring (bicyclic) bond motifs is 1. The van der Waals surface area contributed by atoms with E-state index >= 15 is 0 Å². The van der Waals surface area contributed by atoms with Crippen LogP contribution in [-0.2, 0) is 4.79 Å². The van der Waals surface area contributed by atoms with E-state index in [0.717, 1.165) is 0 Å². The molecule has 2 N–H and O–H groups in total. The molecule has 1 atom stereocenters. The normalized spacial score (nSPS) is 14.1. The lowest BCUT2D eigenvalue weighted by Crippen LogP contribution is -2.51. The molecule has 0 fully saturated rings. The number of amides is 1. The highest BCUT2D eigenvalue weighted by molar-refractivity contribution is 5.93. The second-order valence-corrected chi connectivity index (χ2v) is 5.69. The van der Waals surface area contributed by atoms with Gasteiger partial charge in [-0.05, 0) is 25.0 Å². The van der Waals surface area contributed by atoms with E-state index in [1.54, 1.807) is 29.8 Å². The number of pyridine rings is 1. The number of aliphatic carboxylic acids is 1. The number of imidazole rings is 1. The Labute approximate surface area is 122 Å². The lowest BCUT2D eigenvalue weighted by atomic mass is 9.85. The molecule has 21 heavy (non-hydrogen) atoms. The van der Waals surface area contributed by atoms with Gasteiger partial charge in [0.05, 0.1) is 12.0 Å². The summed E-state index contributed by atoms with van der Waals surface area (Å²) in [6.45, 7) is 5.50. The third kappa shape index (κ3) is 3.21. The van der Waals surface area contributed by atoms with Crippen LogP contribution in [0.4, 0.5) is 0 Å². The van der Waals surface area contributed by atoms with Crippen LogP contribution in [0.25, 0.3) is 5.65 Å². The molecule has 2 aromatic heterocycles. The molecule has 1 unspecified atom stereocenters. The Hall–Kier alpha value is -2.37. The minimum absolute atomic E-state index is 0.0189. The monoisotopic (exact) mass is 289 g/mol. The molecular formula is C15H19N3O3. The van der Waals surface area contributed by atoms with Crippen LogP contribution in [0.15, 0.2) is 30.6 Å². The van der Waals surface area contributed by atoms with Crippen LogP contribution in [0.5, 0.6) is 0 Å². The van der Waals surface area contributed by atoms with Gasteiger partial charge in [-0.1, -0.05) is 19.9 Å². The Morgan fingerprint density at radius 1 is 1.43 bits per heavy atom. The van der Waals surface area contributed by atoms with E-state index < -0.39 is 11.5 Å². The summed E-state index contributed by atoms with van der Waals surface area (Å²) in [5.41, 5.74) is 0.129. The molecule has 0 saturated heterocycles. The number of nitrogens with one attached hydrogen (secondary N) is 1. The second-order valence-electron chi connectivity index (χ2n) is 5.69. The molecule has 0 spiro atoms. The van der Waals surface area contributed by atoms with Gasteiger partial charge in [0.25, 0.3) is 5.91 Å². The predicted octanol–water partition coefficient (Wildman–Crippen LogP) is 1.95. The molecule has 2 aromatic rings. The molecule has 0 aromatic carbocycles. The van der Waals surface area contributed by atoms with Crippen molar-refractivity contribution in [3.8, 4) is 0 Å². The first-order chi connectivity index (χ1) is 9.82. The minimum atomic E-state index is -0.943. The van der Waals surface area contributed by atoms with E-state index in [9.17, 15) is 9.59 Å². The molecule has 6 nitrogen and oxygen atoms in total. The van der Waals surface area contributed by atoms with Gasteiger partial charge in [-0.15, -0.1) is 0 Å². The number of rotatable bonds is 5. The van der Waals surface area contributed by atoms with E-state index in [0.29, 0.717) is 5.65 Å². The van der Waals surface area contributed by atoms with Gasteiger partial charge < -0.3 is 14.8 Å². The van der Waals surface area contributed by atoms with Crippen molar-refractivity contribution >= 4 is 17.5 Å². The van der Waals surface area contributed by atoms with Crippen LogP contribution >= 0.6 is 0 Å². The number of carboxylic acids is 1. The largest absolute Gasteiger partial charge is 0.481 e. The molecule has 0 aliphatic heterocycles. The topological polar surface area (TPSA) is 83.7 Å². The summed E-state index contributed by atoms with van der Waals surface area (Å²) in [6, 6.07) is 5.49. The third-order valence-corrected chi connectivity index (χ3v) is 3.79. The molecule has 2 rings (SSSR count). The van der Waals surface area contributed by atoms with Crippen LogP contribution in [0.3, 0.4) is 0 Å². The average molecular weight is 289 g/mol. The fourth-order valence-corrected chi connectivity index (χ4v) is 2.07. The van der Waals surface area contributed by atoms with E-state index in [2.05, 4.69) is 10.3 Å². The zero-order valence-corrected chi connectivity index (χ0v) is 12.3. The molecule has 1 amide bonds. The van der Waals surface area contributed by atoms with Gasteiger partial charge in [0.15, 0.2) is 0 Å². The summed E-state index contributed by atoms with van der Waals surface area (Å²) in [4.78, 5) is 27.6. The minimum Gasteiger partial charge on any atom is -0.481 e. The smallest absolute Gasteiger partial charge is 0.305 e. The predicted molar refractivity (Wildman–Crippen MR) is 78.2 cm³/mol. The SMILES string of the molecule is CC(C)C(C)(CC(=O)O)NC(=O)c1cn2ccccc2n1. The van der Waals surface area contributed by atoms with E-state index in [4.69, 9.17) is 5.11 Å². The standard InChI is InChI=1S/C15H19N3O3/c1-10(2)15(3,8-13(19)20)17-14(21)11-9-18-7-5-4-6-12(18)16-11/h4-7,9-10H,8H2,1-3H3,(H,17,21)(H,19,20). The molecule has 0 radical (unpaired) electrons. The van der Waals surface area contributed by atoms with Crippen molar-refractivity contribution in [2.75, 3.05) is 0 Å². The zero-order chi connectivity index (χ0) is 15.6. The molecule has 2 heterocycles. The van der Waals surface area contributed by atoms with Crippen molar-refractivity contribution in [3.05, 3.63) is 36.3 Å². The Bertz CT molecular complexity index is 645. The van der Waals surface area contributed by atoms with Crippen LogP contribution < -0.4 is 5.32 Å². The summed E-state index contributed by atoms with van der Waals surface area (Å²) in [5.74, 6) is -1.33. The number of hydrogen-bond donors (Lipinski definition) is 2. The first-order valence-corrected chi connectivity index (χ1v) is 6.80. The molecular weight excluding hydrogens is 270 g/mol. The van der Waals surface area contributed by atoms with Crippen LogP contribution in [0.2, 0.25) is 0 Å². The maximum Gasteiger partial charge on any atom is 0.305 e. The van der Waals surface area contributed by atoms with Gasteiger partial charge >= 0.3 is 5.97 Å². The number of carbonyl (C=O) groups is 2. The van der Waals surface area contributed by atoms with Crippen molar-refractivity contribution < 1.29 is 14.7 Å². The Balaban J connectivity index is 2.24. The maximum atomic E-state index is 12.3. The molecule has 0 saturated carbocycles. The molecule has 0 aliphatic carbocycles. The number of nitrogens with zero attached hydrogens (tertiary/aromatic N) is 2. The Morgan fingerprint density at radius 3 is 2.71 bits per heavy atom. The average Bonchev–Trinajstić information content (AvgIpc) is 2.81. The first kappa shape index (κ1) is 15.0. The van der Waals surface area contributed by atoms with Gasteiger partial charge in [-0.25, -0.2) is 4.98 Å². The summed E-state index contributed by atoms with van der Waals surface area (Å²) in [6.07, 6.45) is 3.30. The highest BCUT2D eigenvalue weighted by atomic mass is 16.4. The summed E-state index contributed by atoms with van der Waals surface area (Å²) < 4.78 is 1.75. The Morgan fingerprint density at radius 2 is 2.14 bits per heavy atom. The van der Waals surface area contributed by atoms with Crippen molar-refractivity contribution in [1.29, 1.82) is 0 Å². The van der Waals surface area contributed by atoms with Crippen LogP contribution in [-0.4, -0.2) is 31.9 Å². The lowest BCUT2D eigenvalue weighted by molar-refractivity contribution is -0.138. The quantitative estimate of drug-likeness (QED) is 0.881. The van der Waals surface area contributed by atoms with E-state index in [1.807, 2.05) is 26.0 Å². The van der Waals surface area contributed by atoms with Gasteiger partial charge in [-0.3, -0.25) is 9.59 Å². The maximum absolute atomic E-state index is 12.3. The third-order valence-electron chi connectivity index (χ3n) is 3.79. The van der Waals surface area contributed by atoms with Crippen molar-refractivity contribution in [1.82, 2.24) is 14.7 Å². The highest BCUT2D eigenvalue weighted by Crippen LogP contribution is 2.21. The Kier molecular flexibility index (Phi) is 3.97. The fraction of sp³-hybridized carbons (Fsp3) is 0.400. The molecule has 112 valence electrons. The molecule has 6 heteroatoms. The molecule has 0 aliphatic rings. The van der Waals surface area contributed by atoms with E-state index in [1.165, 1.54) is 0 Å². The van der Waals surface area contributed by atoms with Crippen LogP contribution in [0, 0.1) is 5.92 Å². The van der Waals surface area contributed by atoms with Crippen molar-refractivity contribution in [2.24, 2.45) is 5.92 Å². The summed E-state index contributed by atoms with van der Waals surface area (Å²) >= 11 is 0. The van der Waals surface area contributed by atoms with Crippen molar-refractivity contribution in [2.45, 2.75) is 32.7 Å². The van der Waals surface area contributed by atoms with Gasteiger partial charge in [0.1, 0.15) is 11.3 Å². The van der Waals surface area contributed by atoms with E-state index in [-0.39, 0.29) is 23.9 Å². The summed E-state index contributed by atoms with van der Waals surface area (Å²) in [7, 11) is 0. The fourth-order valence-electron chi connectivity index (χ4n) is 2.07. The van der Waals surface area contributed by atoms with Crippen LogP contribution in [0.1, 0.15) is 37.7 Å². The summed E-state index contributed by atoms with van der Waals surface area (Å²) in [5, 5.41) is 11.8. The van der Waals surface area contributed by atoms with Crippen molar-refractivity contribution in [3.63, 3.8) is 0 Å². The number of hydrogen-bond acceptors (Lipinski definition) is 3. The van der Waals surface area contributed by atoms with Gasteiger partial charge in [0.2, 0.25) is 0 Å². The zero-order valence-electron chi connectivity index (χ0n) is 12.3. The second kappa shape index (κ2) is 5.55. The first-order valence-electron chi connectivity index (χ1n) is 6.80. The number of aromatic nitrogens is 2. The number of carboxylic acid groups (broad SMARTS) is 1. The number of carbonyl (C=O) groups excluding carboxylic acids is 1. The van der Waals surface area contributed by atoms with Gasteiger partial charge in [-0.2, -0.15) is 0 Å². The molecule has 0 bridgehead atoms. The lowest BCUT2D eigenvalue weighted by Gasteiger charge is -2.33.